The lowest BCUT2D eigenvalue weighted by atomic mass is 10.2. The zero-order chi connectivity index (χ0) is 13.0. The normalized spacial score (nSPS) is 11.8. The van der Waals surface area contributed by atoms with Crippen LogP contribution in [0.5, 0.6) is 0 Å². The summed E-state index contributed by atoms with van der Waals surface area (Å²) in [6.45, 7) is 0. The standard InChI is InChI=1S/C13H9ClN2OS/c14-11-2-1-3-13(7-11)18(17)9-10-4-5-16-12(6-10)8-15/h1-7H,9H2. The van der Waals surface area contributed by atoms with Crippen LogP contribution in [-0.4, -0.2) is 9.19 Å². The van der Waals surface area contributed by atoms with Crippen molar-refractivity contribution in [1.82, 2.24) is 4.98 Å². The van der Waals surface area contributed by atoms with Crippen molar-refractivity contribution < 1.29 is 4.21 Å². The Kier molecular flexibility index (Phi) is 4.08. The number of nitrogens with zero attached hydrogens (tertiary/aromatic N) is 2. The van der Waals surface area contributed by atoms with Crippen LogP contribution in [0.25, 0.3) is 0 Å². The second-order valence-electron chi connectivity index (χ2n) is 3.61. The Hall–Kier alpha value is -1.70. The fourth-order valence-corrected chi connectivity index (χ4v) is 2.86. The van der Waals surface area contributed by atoms with Crippen LogP contribution >= 0.6 is 11.6 Å². The van der Waals surface area contributed by atoms with E-state index in [-0.39, 0.29) is 0 Å². The van der Waals surface area contributed by atoms with Crippen molar-refractivity contribution in [3.8, 4) is 6.07 Å². The zero-order valence-corrected chi connectivity index (χ0v) is 10.9. The number of halogens is 1. The van der Waals surface area contributed by atoms with Gasteiger partial charge in [-0.3, -0.25) is 4.21 Å². The topological polar surface area (TPSA) is 53.8 Å². The van der Waals surface area contributed by atoms with E-state index >= 15 is 0 Å². The Balaban J connectivity index is 2.19. The number of aromatic nitrogens is 1. The minimum absolute atomic E-state index is 0.329. The maximum absolute atomic E-state index is 12.1. The van der Waals surface area contributed by atoms with E-state index in [2.05, 4.69) is 4.98 Å². The molecule has 0 amide bonds. The first-order valence-electron chi connectivity index (χ1n) is 5.18. The first kappa shape index (κ1) is 12.7. The first-order valence-corrected chi connectivity index (χ1v) is 6.88. The predicted octanol–water partition coefficient (Wildman–Crippen LogP) is 2.91. The number of hydrogen-bond acceptors (Lipinski definition) is 3. The van der Waals surface area contributed by atoms with Gasteiger partial charge in [0, 0.05) is 16.1 Å². The van der Waals surface area contributed by atoms with Crippen LogP contribution in [0.3, 0.4) is 0 Å². The minimum Gasteiger partial charge on any atom is -0.254 e. The summed E-state index contributed by atoms with van der Waals surface area (Å²) >= 11 is 5.85. The summed E-state index contributed by atoms with van der Waals surface area (Å²) in [5.74, 6) is 0.345. The Labute approximate surface area is 113 Å². The van der Waals surface area contributed by atoms with Gasteiger partial charge in [0.15, 0.2) is 0 Å². The molecule has 0 saturated heterocycles. The highest BCUT2D eigenvalue weighted by Gasteiger charge is 2.06. The monoisotopic (exact) mass is 276 g/mol. The van der Waals surface area contributed by atoms with E-state index < -0.39 is 10.8 Å². The van der Waals surface area contributed by atoms with Gasteiger partial charge in [-0.25, -0.2) is 4.98 Å². The van der Waals surface area contributed by atoms with Gasteiger partial charge in [0.05, 0.1) is 16.6 Å². The van der Waals surface area contributed by atoms with E-state index in [0.29, 0.717) is 21.4 Å². The molecule has 2 rings (SSSR count). The molecule has 1 aromatic heterocycles. The van der Waals surface area contributed by atoms with Gasteiger partial charge in [-0.05, 0) is 35.9 Å². The molecular formula is C13H9ClN2OS. The van der Waals surface area contributed by atoms with Crippen molar-refractivity contribution in [3.63, 3.8) is 0 Å². The summed E-state index contributed by atoms with van der Waals surface area (Å²) in [4.78, 5) is 4.55. The molecule has 1 atom stereocenters. The van der Waals surface area contributed by atoms with E-state index in [1.54, 1.807) is 42.6 Å². The molecule has 0 bridgehead atoms. The van der Waals surface area contributed by atoms with Crippen molar-refractivity contribution in [3.05, 3.63) is 58.9 Å². The van der Waals surface area contributed by atoms with E-state index in [9.17, 15) is 4.21 Å². The van der Waals surface area contributed by atoms with Gasteiger partial charge in [0.1, 0.15) is 11.8 Å². The lowest BCUT2D eigenvalue weighted by Crippen LogP contribution is -1.97. The maximum Gasteiger partial charge on any atom is 0.140 e. The number of pyridine rings is 1. The highest BCUT2D eigenvalue weighted by Crippen LogP contribution is 2.17. The minimum atomic E-state index is -1.18. The first-order chi connectivity index (χ1) is 8.69. The van der Waals surface area contributed by atoms with Crippen molar-refractivity contribution >= 4 is 22.4 Å². The van der Waals surface area contributed by atoms with Crippen LogP contribution in [0.2, 0.25) is 5.02 Å². The summed E-state index contributed by atoms with van der Waals surface area (Å²) < 4.78 is 12.1. The molecule has 0 saturated carbocycles. The summed E-state index contributed by atoms with van der Waals surface area (Å²) in [6.07, 6.45) is 1.54. The molecule has 0 aliphatic heterocycles. The summed E-state index contributed by atoms with van der Waals surface area (Å²) in [6, 6.07) is 12.3. The predicted molar refractivity (Wildman–Crippen MR) is 70.5 cm³/mol. The molecule has 90 valence electrons. The van der Waals surface area contributed by atoms with Gasteiger partial charge < -0.3 is 0 Å². The quantitative estimate of drug-likeness (QED) is 0.866. The Morgan fingerprint density at radius 3 is 2.89 bits per heavy atom. The molecular weight excluding hydrogens is 268 g/mol. The number of rotatable bonds is 3. The highest BCUT2D eigenvalue weighted by atomic mass is 35.5. The molecule has 1 heterocycles. The van der Waals surface area contributed by atoms with E-state index in [0.717, 1.165) is 5.56 Å². The second kappa shape index (κ2) is 5.76. The largest absolute Gasteiger partial charge is 0.254 e. The Morgan fingerprint density at radius 1 is 1.33 bits per heavy atom. The summed E-state index contributed by atoms with van der Waals surface area (Å²) in [5.41, 5.74) is 1.15. The highest BCUT2D eigenvalue weighted by molar-refractivity contribution is 7.84. The van der Waals surface area contributed by atoms with Gasteiger partial charge >= 0.3 is 0 Å². The Bertz CT molecular complexity index is 637. The zero-order valence-electron chi connectivity index (χ0n) is 9.34. The molecule has 0 aliphatic rings. The van der Waals surface area contributed by atoms with Crippen LogP contribution in [0.1, 0.15) is 11.3 Å². The van der Waals surface area contributed by atoms with Crippen molar-refractivity contribution in [2.45, 2.75) is 10.6 Å². The van der Waals surface area contributed by atoms with Gasteiger partial charge in [-0.1, -0.05) is 17.7 Å². The fourth-order valence-electron chi connectivity index (χ4n) is 1.47. The maximum atomic E-state index is 12.1. The van der Waals surface area contributed by atoms with E-state index in [4.69, 9.17) is 16.9 Å². The van der Waals surface area contributed by atoms with Gasteiger partial charge in [0.25, 0.3) is 0 Å². The van der Waals surface area contributed by atoms with Crippen LogP contribution in [0.15, 0.2) is 47.5 Å². The molecule has 1 unspecified atom stereocenters. The lowest BCUT2D eigenvalue weighted by molar-refractivity contribution is 0.682. The number of hydrogen-bond donors (Lipinski definition) is 0. The third-order valence-electron chi connectivity index (χ3n) is 2.30. The van der Waals surface area contributed by atoms with Crippen LogP contribution in [0.4, 0.5) is 0 Å². The van der Waals surface area contributed by atoms with Gasteiger partial charge in [0.2, 0.25) is 0 Å². The second-order valence-corrected chi connectivity index (χ2v) is 5.50. The molecule has 2 aromatic rings. The molecule has 18 heavy (non-hydrogen) atoms. The molecule has 0 spiro atoms. The average molecular weight is 277 g/mol. The third-order valence-corrected chi connectivity index (χ3v) is 3.91. The summed E-state index contributed by atoms with van der Waals surface area (Å²) in [7, 11) is -1.18. The molecule has 1 aromatic carbocycles. The van der Waals surface area contributed by atoms with Crippen molar-refractivity contribution in [2.75, 3.05) is 0 Å². The van der Waals surface area contributed by atoms with Gasteiger partial charge in [-0.2, -0.15) is 5.26 Å². The molecule has 3 nitrogen and oxygen atoms in total. The van der Waals surface area contributed by atoms with Gasteiger partial charge in [-0.15, -0.1) is 0 Å². The molecule has 0 fully saturated rings. The molecule has 5 heteroatoms. The third kappa shape index (κ3) is 3.16. The lowest BCUT2D eigenvalue weighted by Gasteiger charge is -2.03. The van der Waals surface area contributed by atoms with Crippen molar-refractivity contribution in [1.29, 1.82) is 5.26 Å². The summed E-state index contributed by atoms with van der Waals surface area (Å²) in [5, 5.41) is 9.31. The fraction of sp³-hybridized carbons (Fsp3) is 0.0769. The Morgan fingerprint density at radius 2 is 2.17 bits per heavy atom. The van der Waals surface area contributed by atoms with E-state index in [1.165, 1.54) is 0 Å². The number of benzene rings is 1. The van der Waals surface area contributed by atoms with E-state index in [1.807, 2.05) is 6.07 Å². The van der Waals surface area contributed by atoms with Crippen LogP contribution < -0.4 is 0 Å². The SMILES string of the molecule is N#Cc1cc(CS(=O)c2cccc(Cl)c2)ccn1. The van der Waals surface area contributed by atoms with Crippen LogP contribution in [0, 0.1) is 11.3 Å². The molecule has 0 radical (unpaired) electrons. The number of nitriles is 1. The average Bonchev–Trinajstić information content (AvgIpc) is 2.39. The van der Waals surface area contributed by atoms with Crippen molar-refractivity contribution in [2.24, 2.45) is 0 Å². The molecule has 0 aliphatic carbocycles. The smallest absolute Gasteiger partial charge is 0.140 e. The van der Waals surface area contributed by atoms with Crippen LogP contribution in [-0.2, 0) is 16.6 Å². The molecule has 0 N–H and O–H groups in total.